The van der Waals surface area contributed by atoms with Crippen LogP contribution in [0.25, 0.3) is 0 Å². The summed E-state index contributed by atoms with van der Waals surface area (Å²) in [7, 11) is 0. The molecule has 0 aromatic heterocycles. The summed E-state index contributed by atoms with van der Waals surface area (Å²) < 4.78 is 18.6. The monoisotopic (exact) mass is 478 g/mol. The fourth-order valence-electron chi connectivity index (χ4n) is 2.95. The van der Waals surface area contributed by atoms with E-state index in [0.717, 1.165) is 38.4 Å². The molecule has 2 rings (SSSR count). The van der Waals surface area contributed by atoms with Gasteiger partial charge in [-0.25, -0.2) is 9.38 Å². The van der Waals surface area contributed by atoms with Crippen molar-refractivity contribution >= 4 is 29.9 Å². The number of hydrogen-bond acceptors (Lipinski definition) is 3. The minimum Gasteiger partial charge on any atom is -0.492 e. The van der Waals surface area contributed by atoms with Gasteiger partial charge in [-0.2, -0.15) is 0 Å². The van der Waals surface area contributed by atoms with E-state index >= 15 is 0 Å². The van der Waals surface area contributed by atoms with Gasteiger partial charge in [0, 0.05) is 37.8 Å². The standard InChI is InChI=1S/C19H31FN4O.HI/c1-4-21-19(23-17-8-11-24(12-9-17)15(2)3)22-10-13-25-18-7-5-6-16(20)14-18;/h5-7,14-15,17H,4,8-13H2,1-3H3,(H2,21,22,23);1H. The van der Waals surface area contributed by atoms with E-state index in [9.17, 15) is 4.39 Å². The predicted molar refractivity (Wildman–Crippen MR) is 116 cm³/mol. The van der Waals surface area contributed by atoms with Crippen molar-refractivity contribution in [2.45, 2.75) is 45.7 Å². The zero-order valence-electron chi connectivity index (χ0n) is 16.0. The molecule has 0 spiro atoms. The number of ether oxygens (including phenoxy) is 1. The van der Waals surface area contributed by atoms with Gasteiger partial charge in [0.15, 0.2) is 5.96 Å². The van der Waals surface area contributed by atoms with Crippen LogP contribution in [0.5, 0.6) is 5.75 Å². The van der Waals surface area contributed by atoms with Crippen LogP contribution in [-0.2, 0) is 0 Å². The summed E-state index contributed by atoms with van der Waals surface area (Å²) in [6.07, 6.45) is 2.25. The van der Waals surface area contributed by atoms with E-state index in [0.29, 0.717) is 31.0 Å². The van der Waals surface area contributed by atoms with Crippen LogP contribution in [0.2, 0.25) is 0 Å². The van der Waals surface area contributed by atoms with Gasteiger partial charge < -0.3 is 20.3 Å². The first-order valence-corrected chi connectivity index (χ1v) is 9.25. The van der Waals surface area contributed by atoms with Crippen LogP contribution >= 0.6 is 24.0 Å². The first-order chi connectivity index (χ1) is 12.1. The van der Waals surface area contributed by atoms with E-state index in [1.807, 2.05) is 0 Å². The van der Waals surface area contributed by atoms with Crippen molar-refractivity contribution < 1.29 is 9.13 Å². The Bertz CT molecular complexity index is 548. The van der Waals surface area contributed by atoms with Crippen molar-refractivity contribution in [2.24, 2.45) is 4.99 Å². The fraction of sp³-hybridized carbons (Fsp3) is 0.632. The normalized spacial score (nSPS) is 16.3. The van der Waals surface area contributed by atoms with Crippen LogP contribution in [-0.4, -0.2) is 55.7 Å². The van der Waals surface area contributed by atoms with Gasteiger partial charge in [0.2, 0.25) is 0 Å². The van der Waals surface area contributed by atoms with Gasteiger partial charge in [0.05, 0.1) is 6.54 Å². The first-order valence-electron chi connectivity index (χ1n) is 9.25. The molecule has 0 atom stereocenters. The highest BCUT2D eigenvalue weighted by Gasteiger charge is 2.21. The molecule has 0 radical (unpaired) electrons. The van der Waals surface area contributed by atoms with Crippen LogP contribution in [0.15, 0.2) is 29.3 Å². The molecule has 1 aliphatic heterocycles. The predicted octanol–water partition coefficient (Wildman–Crippen LogP) is 3.25. The topological polar surface area (TPSA) is 48.9 Å². The maximum Gasteiger partial charge on any atom is 0.191 e. The summed E-state index contributed by atoms with van der Waals surface area (Å²) in [6.45, 7) is 10.6. The number of rotatable bonds is 7. The van der Waals surface area contributed by atoms with E-state index in [1.165, 1.54) is 12.1 Å². The lowest BCUT2D eigenvalue weighted by molar-refractivity contribution is 0.167. The maximum atomic E-state index is 13.1. The molecule has 1 aromatic carbocycles. The van der Waals surface area contributed by atoms with Gasteiger partial charge in [0.1, 0.15) is 18.2 Å². The van der Waals surface area contributed by atoms with Crippen LogP contribution in [0.1, 0.15) is 33.6 Å². The molecule has 0 amide bonds. The Kier molecular flexibility index (Phi) is 10.9. The number of nitrogens with one attached hydrogen (secondary N) is 2. The van der Waals surface area contributed by atoms with E-state index < -0.39 is 0 Å². The first kappa shape index (κ1) is 23.0. The summed E-state index contributed by atoms with van der Waals surface area (Å²) in [4.78, 5) is 7.07. The van der Waals surface area contributed by atoms with Crippen LogP contribution < -0.4 is 15.4 Å². The summed E-state index contributed by atoms with van der Waals surface area (Å²) in [5.41, 5.74) is 0. The van der Waals surface area contributed by atoms with Gasteiger partial charge in [0.25, 0.3) is 0 Å². The number of halogens is 2. The molecule has 1 aliphatic rings. The third kappa shape index (κ3) is 8.07. The quantitative estimate of drug-likeness (QED) is 0.274. The smallest absolute Gasteiger partial charge is 0.191 e. The summed E-state index contributed by atoms with van der Waals surface area (Å²) >= 11 is 0. The molecule has 1 aromatic rings. The Hall–Kier alpha value is -1.09. The number of guanidine groups is 1. The van der Waals surface area contributed by atoms with Crippen LogP contribution in [0.3, 0.4) is 0 Å². The fourth-order valence-corrected chi connectivity index (χ4v) is 2.95. The Labute approximate surface area is 173 Å². The van der Waals surface area contributed by atoms with Crippen molar-refractivity contribution in [3.05, 3.63) is 30.1 Å². The molecule has 26 heavy (non-hydrogen) atoms. The van der Waals surface area contributed by atoms with Crippen molar-refractivity contribution in [3.8, 4) is 5.75 Å². The molecule has 7 heteroatoms. The molecule has 0 unspecified atom stereocenters. The third-order valence-electron chi connectivity index (χ3n) is 4.37. The zero-order valence-corrected chi connectivity index (χ0v) is 18.3. The molecule has 1 heterocycles. The molecular weight excluding hydrogens is 446 g/mol. The van der Waals surface area contributed by atoms with Gasteiger partial charge in [-0.15, -0.1) is 24.0 Å². The van der Waals surface area contributed by atoms with Crippen molar-refractivity contribution in [3.63, 3.8) is 0 Å². The van der Waals surface area contributed by atoms with Gasteiger partial charge in [-0.3, -0.25) is 0 Å². The van der Waals surface area contributed by atoms with Crippen LogP contribution in [0.4, 0.5) is 4.39 Å². The Balaban J connectivity index is 0.00000338. The maximum absolute atomic E-state index is 13.1. The minimum atomic E-state index is -0.288. The van der Waals surface area contributed by atoms with Crippen molar-refractivity contribution in [2.75, 3.05) is 32.8 Å². The number of benzene rings is 1. The second kappa shape index (κ2) is 12.3. The Morgan fingerprint density at radius 1 is 1.35 bits per heavy atom. The lowest BCUT2D eigenvalue weighted by atomic mass is 10.0. The van der Waals surface area contributed by atoms with Crippen LogP contribution in [0, 0.1) is 5.82 Å². The lowest BCUT2D eigenvalue weighted by Gasteiger charge is -2.35. The van der Waals surface area contributed by atoms with Crippen molar-refractivity contribution in [1.29, 1.82) is 0 Å². The molecule has 2 N–H and O–H groups in total. The summed E-state index contributed by atoms with van der Waals surface area (Å²) in [5, 5.41) is 6.80. The minimum absolute atomic E-state index is 0. The molecule has 5 nitrogen and oxygen atoms in total. The molecule has 148 valence electrons. The largest absolute Gasteiger partial charge is 0.492 e. The highest BCUT2D eigenvalue weighted by atomic mass is 127. The van der Waals surface area contributed by atoms with E-state index in [4.69, 9.17) is 4.74 Å². The number of hydrogen-bond donors (Lipinski definition) is 2. The summed E-state index contributed by atoms with van der Waals surface area (Å²) in [6, 6.07) is 7.25. The molecule has 0 bridgehead atoms. The molecule has 1 fully saturated rings. The van der Waals surface area contributed by atoms with E-state index in [1.54, 1.807) is 12.1 Å². The third-order valence-corrected chi connectivity index (χ3v) is 4.37. The molecule has 0 saturated carbocycles. The molecule has 0 aliphatic carbocycles. The number of nitrogens with zero attached hydrogens (tertiary/aromatic N) is 2. The van der Waals surface area contributed by atoms with Crippen molar-refractivity contribution in [1.82, 2.24) is 15.5 Å². The van der Waals surface area contributed by atoms with Gasteiger partial charge in [-0.1, -0.05) is 6.07 Å². The summed E-state index contributed by atoms with van der Waals surface area (Å²) in [5.74, 6) is 1.08. The molecular formula is C19H32FIN4O. The second-order valence-electron chi connectivity index (χ2n) is 6.61. The second-order valence-corrected chi connectivity index (χ2v) is 6.61. The average molecular weight is 478 g/mol. The zero-order chi connectivity index (χ0) is 18.1. The lowest BCUT2D eigenvalue weighted by Crippen LogP contribution is -2.50. The number of aliphatic imine (C=N–C) groups is 1. The Morgan fingerprint density at radius 2 is 2.08 bits per heavy atom. The molecule has 1 saturated heterocycles. The highest BCUT2D eigenvalue weighted by Crippen LogP contribution is 2.13. The number of piperidine rings is 1. The van der Waals surface area contributed by atoms with E-state index in [2.05, 4.69) is 41.3 Å². The SMILES string of the molecule is CCNC(=NCCOc1cccc(F)c1)NC1CCN(C(C)C)CC1.I. The van der Waals surface area contributed by atoms with Gasteiger partial charge >= 0.3 is 0 Å². The number of likely N-dealkylation sites (tertiary alicyclic amines) is 1. The average Bonchev–Trinajstić information content (AvgIpc) is 2.59. The Morgan fingerprint density at radius 3 is 2.69 bits per heavy atom. The van der Waals surface area contributed by atoms with Gasteiger partial charge in [-0.05, 0) is 45.7 Å². The highest BCUT2D eigenvalue weighted by molar-refractivity contribution is 14.0. The van der Waals surface area contributed by atoms with E-state index in [-0.39, 0.29) is 29.8 Å².